The molecule has 0 aliphatic heterocycles. The molecule has 100 valence electrons. The molecule has 0 bridgehead atoms. The summed E-state index contributed by atoms with van der Waals surface area (Å²) in [6, 6.07) is 5.20. The van der Waals surface area contributed by atoms with Gasteiger partial charge in [0.1, 0.15) is 5.69 Å². The molecule has 0 fully saturated rings. The highest BCUT2D eigenvalue weighted by molar-refractivity contribution is 7.09. The molecule has 19 heavy (non-hydrogen) atoms. The summed E-state index contributed by atoms with van der Waals surface area (Å²) in [4.78, 5) is 16.9. The molecule has 1 heterocycles. The van der Waals surface area contributed by atoms with Crippen LogP contribution in [0.5, 0.6) is 11.5 Å². The number of carbonyl (C=O) groups is 1. The molecule has 6 heteroatoms. The summed E-state index contributed by atoms with van der Waals surface area (Å²) >= 11 is 1.44. The molecule has 0 saturated carbocycles. The summed E-state index contributed by atoms with van der Waals surface area (Å²) < 4.78 is 10.3. The smallest absolute Gasteiger partial charge is 0.275 e. The monoisotopic (exact) mass is 278 g/mol. The Balaban J connectivity index is 2.20. The number of hydrogen-bond donors (Lipinski definition) is 1. The van der Waals surface area contributed by atoms with Gasteiger partial charge in [-0.3, -0.25) is 4.79 Å². The minimum Gasteiger partial charge on any atom is -0.493 e. The van der Waals surface area contributed by atoms with Crippen molar-refractivity contribution in [3.8, 4) is 11.5 Å². The summed E-state index contributed by atoms with van der Waals surface area (Å²) in [6.07, 6.45) is 0. The lowest BCUT2D eigenvalue weighted by molar-refractivity contribution is 0.102. The number of nitrogens with one attached hydrogen (secondary N) is 1. The second-order valence-electron chi connectivity index (χ2n) is 3.78. The van der Waals surface area contributed by atoms with E-state index in [1.165, 1.54) is 11.3 Å². The van der Waals surface area contributed by atoms with Gasteiger partial charge < -0.3 is 14.8 Å². The highest BCUT2D eigenvalue weighted by Gasteiger charge is 2.13. The number of methoxy groups -OCH3 is 2. The Kier molecular flexibility index (Phi) is 4.01. The molecule has 0 aliphatic carbocycles. The molecule has 0 saturated heterocycles. The van der Waals surface area contributed by atoms with Crippen LogP contribution in [0.25, 0.3) is 0 Å². The number of thiazole rings is 1. The molecule has 1 aromatic carbocycles. The van der Waals surface area contributed by atoms with Crippen LogP contribution in [0.15, 0.2) is 23.7 Å². The number of nitrogens with zero attached hydrogens (tertiary/aromatic N) is 1. The van der Waals surface area contributed by atoms with E-state index in [9.17, 15) is 4.79 Å². The van der Waals surface area contributed by atoms with Gasteiger partial charge in [0.15, 0.2) is 11.5 Å². The highest BCUT2D eigenvalue weighted by Crippen LogP contribution is 2.30. The predicted octanol–water partition coefficient (Wildman–Crippen LogP) is 2.72. The van der Waals surface area contributed by atoms with E-state index in [-0.39, 0.29) is 5.91 Å². The summed E-state index contributed by atoms with van der Waals surface area (Å²) in [5, 5.41) is 2.78. The maximum absolute atomic E-state index is 12.0. The van der Waals surface area contributed by atoms with Crippen molar-refractivity contribution in [3.63, 3.8) is 0 Å². The SMILES string of the molecule is COc1ccc(NC(=O)c2ncsc2C)cc1OC. The summed E-state index contributed by atoms with van der Waals surface area (Å²) in [6.45, 7) is 1.86. The normalized spacial score (nSPS) is 10.1. The van der Waals surface area contributed by atoms with E-state index in [1.54, 1.807) is 37.9 Å². The van der Waals surface area contributed by atoms with E-state index in [0.717, 1.165) is 4.88 Å². The summed E-state index contributed by atoms with van der Waals surface area (Å²) in [7, 11) is 3.11. The number of rotatable bonds is 4. The van der Waals surface area contributed by atoms with Crippen LogP contribution in [0.4, 0.5) is 5.69 Å². The Labute approximate surface area is 115 Å². The van der Waals surface area contributed by atoms with E-state index < -0.39 is 0 Å². The molecule has 2 aromatic rings. The fourth-order valence-electron chi connectivity index (χ4n) is 1.63. The largest absolute Gasteiger partial charge is 0.493 e. The third-order valence-corrected chi connectivity index (χ3v) is 3.36. The van der Waals surface area contributed by atoms with Crippen LogP contribution >= 0.6 is 11.3 Å². The molecule has 0 radical (unpaired) electrons. The molecule has 0 atom stereocenters. The zero-order valence-electron chi connectivity index (χ0n) is 10.9. The van der Waals surface area contributed by atoms with Crippen molar-refractivity contribution in [2.75, 3.05) is 19.5 Å². The number of benzene rings is 1. The number of aromatic nitrogens is 1. The van der Waals surface area contributed by atoms with Crippen molar-refractivity contribution >= 4 is 22.9 Å². The van der Waals surface area contributed by atoms with Crippen LogP contribution in [-0.2, 0) is 0 Å². The van der Waals surface area contributed by atoms with E-state index in [4.69, 9.17) is 9.47 Å². The quantitative estimate of drug-likeness (QED) is 0.934. The number of amides is 1. The van der Waals surface area contributed by atoms with Gasteiger partial charge >= 0.3 is 0 Å². The Morgan fingerprint density at radius 2 is 2.00 bits per heavy atom. The summed E-state index contributed by atoms with van der Waals surface area (Å²) in [5.74, 6) is 0.951. The number of ether oxygens (including phenoxy) is 2. The molecular formula is C13H14N2O3S. The number of hydrogen-bond acceptors (Lipinski definition) is 5. The van der Waals surface area contributed by atoms with Gasteiger partial charge in [0, 0.05) is 16.6 Å². The van der Waals surface area contributed by atoms with Crippen LogP contribution in [0.2, 0.25) is 0 Å². The number of aryl methyl sites for hydroxylation is 1. The van der Waals surface area contributed by atoms with Crippen LogP contribution in [-0.4, -0.2) is 25.1 Å². The average molecular weight is 278 g/mol. The standard InChI is InChI=1S/C13H14N2O3S/c1-8-12(14-7-19-8)13(16)15-9-4-5-10(17-2)11(6-9)18-3/h4-7H,1-3H3,(H,15,16). The Morgan fingerprint density at radius 3 is 2.58 bits per heavy atom. The lowest BCUT2D eigenvalue weighted by Crippen LogP contribution is -2.13. The van der Waals surface area contributed by atoms with E-state index >= 15 is 0 Å². The first-order valence-electron chi connectivity index (χ1n) is 5.59. The molecule has 1 amide bonds. The van der Waals surface area contributed by atoms with E-state index in [2.05, 4.69) is 10.3 Å². The Morgan fingerprint density at radius 1 is 1.26 bits per heavy atom. The maximum Gasteiger partial charge on any atom is 0.275 e. The maximum atomic E-state index is 12.0. The third kappa shape index (κ3) is 2.85. The van der Waals surface area contributed by atoms with Gasteiger partial charge in [0.25, 0.3) is 5.91 Å². The van der Waals surface area contributed by atoms with Gasteiger partial charge in [-0.1, -0.05) is 0 Å². The van der Waals surface area contributed by atoms with Gasteiger partial charge in [-0.15, -0.1) is 11.3 Å². The highest BCUT2D eigenvalue weighted by atomic mass is 32.1. The van der Waals surface area contributed by atoms with Crippen molar-refractivity contribution in [2.24, 2.45) is 0 Å². The minimum absolute atomic E-state index is 0.231. The molecule has 1 aromatic heterocycles. The molecule has 0 spiro atoms. The predicted molar refractivity (Wildman–Crippen MR) is 74.4 cm³/mol. The number of anilines is 1. The lowest BCUT2D eigenvalue weighted by Gasteiger charge is -2.10. The third-order valence-electron chi connectivity index (χ3n) is 2.60. The van der Waals surface area contributed by atoms with Crippen molar-refractivity contribution in [2.45, 2.75) is 6.92 Å². The van der Waals surface area contributed by atoms with Crippen LogP contribution in [0, 0.1) is 6.92 Å². The average Bonchev–Trinajstić information content (AvgIpc) is 2.85. The van der Waals surface area contributed by atoms with Gasteiger partial charge in [-0.05, 0) is 19.1 Å². The van der Waals surface area contributed by atoms with Crippen LogP contribution in [0.3, 0.4) is 0 Å². The second kappa shape index (κ2) is 5.71. The molecule has 1 N–H and O–H groups in total. The van der Waals surface area contributed by atoms with Gasteiger partial charge in [0.05, 0.1) is 19.7 Å². The van der Waals surface area contributed by atoms with Crippen molar-refractivity contribution < 1.29 is 14.3 Å². The summed E-state index contributed by atoms with van der Waals surface area (Å²) in [5.41, 5.74) is 2.73. The fraction of sp³-hybridized carbons (Fsp3) is 0.231. The topological polar surface area (TPSA) is 60.5 Å². The lowest BCUT2D eigenvalue weighted by atomic mass is 10.2. The molecular weight excluding hydrogens is 264 g/mol. The molecule has 2 rings (SSSR count). The fourth-order valence-corrected chi connectivity index (χ4v) is 2.20. The van der Waals surface area contributed by atoms with Crippen molar-refractivity contribution in [1.29, 1.82) is 0 Å². The number of carbonyl (C=O) groups excluding carboxylic acids is 1. The van der Waals surface area contributed by atoms with Crippen molar-refractivity contribution in [1.82, 2.24) is 4.98 Å². The van der Waals surface area contributed by atoms with E-state index in [0.29, 0.717) is 22.9 Å². The Bertz CT molecular complexity index is 595. The zero-order chi connectivity index (χ0) is 13.8. The van der Waals surface area contributed by atoms with Gasteiger partial charge in [-0.2, -0.15) is 0 Å². The molecule has 5 nitrogen and oxygen atoms in total. The van der Waals surface area contributed by atoms with Crippen LogP contribution in [0.1, 0.15) is 15.4 Å². The first kappa shape index (κ1) is 13.4. The van der Waals surface area contributed by atoms with E-state index in [1.807, 2.05) is 6.92 Å². The van der Waals surface area contributed by atoms with Gasteiger partial charge in [0.2, 0.25) is 0 Å². The Hall–Kier alpha value is -2.08. The molecule has 0 unspecified atom stereocenters. The van der Waals surface area contributed by atoms with Crippen molar-refractivity contribution in [3.05, 3.63) is 34.3 Å². The molecule has 0 aliphatic rings. The second-order valence-corrected chi connectivity index (χ2v) is 4.84. The van der Waals surface area contributed by atoms with Gasteiger partial charge in [-0.25, -0.2) is 4.98 Å². The zero-order valence-corrected chi connectivity index (χ0v) is 11.7. The first-order valence-corrected chi connectivity index (χ1v) is 6.47. The first-order chi connectivity index (χ1) is 9.15. The van der Waals surface area contributed by atoms with Crippen LogP contribution < -0.4 is 14.8 Å². The minimum atomic E-state index is -0.231.